The third kappa shape index (κ3) is 1.49. The highest BCUT2D eigenvalue weighted by Gasteiger charge is 2.37. The molecule has 0 heterocycles. The molecule has 0 aliphatic heterocycles. The van der Waals surface area contributed by atoms with Crippen LogP contribution in [-0.4, -0.2) is 11.4 Å². The van der Waals surface area contributed by atoms with E-state index in [4.69, 9.17) is 0 Å². The van der Waals surface area contributed by atoms with Crippen molar-refractivity contribution in [3.63, 3.8) is 0 Å². The fraction of sp³-hybridized carbons (Fsp3) is 0.875. The van der Waals surface area contributed by atoms with Crippen LogP contribution in [0.25, 0.3) is 0 Å². The number of hydrogen-bond acceptors (Lipinski definition) is 1. The molecule has 1 aliphatic carbocycles. The van der Waals surface area contributed by atoms with E-state index in [1.807, 2.05) is 0 Å². The lowest BCUT2D eigenvalue weighted by molar-refractivity contribution is -0.122. The maximum absolute atomic E-state index is 10.6. The number of nitrogens with one attached hydrogen (secondary N) is 1. The molecular formula is C8H15NO. The van der Waals surface area contributed by atoms with Crippen LogP contribution in [-0.2, 0) is 4.79 Å². The molecule has 10 heavy (non-hydrogen) atoms. The maximum atomic E-state index is 10.6. The molecular weight excluding hydrogens is 126 g/mol. The molecule has 1 aliphatic rings. The lowest BCUT2D eigenvalue weighted by Crippen LogP contribution is -2.53. The molecule has 0 bridgehead atoms. The van der Waals surface area contributed by atoms with Crippen molar-refractivity contribution in [1.82, 2.24) is 5.32 Å². The molecule has 0 unspecified atom stereocenters. The number of amides is 1. The van der Waals surface area contributed by atoms with E-state index < -0.39 is 0 Å². The molecule has 0 aromatic rings. The summed E-state index contributed by atoms with van der Waals surface area (Å²) in [5, 5.41) is 2.95. The Morgan fingerprint density at radius 3 is 2.40 bits per heavy atom. The molecule has 1 N–H and O–H groups in total. The second-order valence-corrected chi connectivity index (χ2v) is 3.76. The normalized spacial score (nSPS) is 38.5. The van der Waals surface area contributed by atoms with E-state index >= 15 is 0 Å². The lowest BCUT2D eigenvalue weighted by atomic mass is 9.70. The summed E-state index contributed by atoms with van der Waals surface area (Å²) in [6.45, 7) is 5.90. The van der Waals surface area contributed by atoms with Gasteiger partial charge in [-0.25, -0.2) is 0 Å². The van der Waals surface area contributed by atoms with Crippen LogP contribution < -0.4 is 5.32 Å². The zero-order valence-electron chi connectivity index (χ0n) is 6.90. The monoisotopic (exact) mass is 141 g/mol. The van der Waals surface area contributed by atoms with Crippen LogP contribution in [0.3, 0.4) is 0 Å². The second-order valence-electron chi connectivity index (χ2n) is 3.76. The summed E-state index contributed by atoms with van der Waals surface area (Å²) in [5.41, 5.74) is 0.116. The van der Waals surface area contributed by atoms with E-state index in [2.05, 4.69) is 19.2 Å². The van der Waals surface area contributed by atoms with Crippen molar-refractivity contribution in [2.75, 3.05) is 0 Å². The molecule has 0 saturated heterocycles. The van der Waals surface area contributed by atoms with E-state index in [9.17, 15) is 4.79 Å². The fourth-order valence-corrected chi connectivity index (χ4v) is 2.01. The van der Waals surface area contributed by atoms with Gasteiger partial charge in [-0.1, -0.05) is 6.92 Å². The lowest BCUT2D eigenvalue weighted by Gasteiger charge is -2.44. The molecule has 1 saturated carbocycles. The Balaban J connectivity index is 2.34. The summed E-state index contributed by atoms with van der Waals surface area (Å²) < 4.78 is 0. The SMILES string of the molecule is CC(=O)NC1(C)CC(C)C1. The molecule has 0 radical (unpaired) electrons. The highest BCUT2D eigenvalue weighted by molar-refractivity contribution is 5.73. The Bertz CT molecular complexity index is 147. The maximum Gasteiger partial charge on any atom is 0.217 e. The van der Waals surface area contributed by atoms with E-state index in [-0.39, 0.29) is 11.4 Å². The minimum atomic E-state index is 0.0920. The van der Waals surface area contributed by atoms with Crippen molar-refractivity contribution in [3.05, 3.63) is 0 Å². The van der Waals surface area contributed by atoms with Crippen molar-refractivity contribution in [3.8, 4) is 0 Å². The van der Waals surface area contributed by atoms with Gasteiger partial charge in [0, 0.05) is 12.5 Å². The van der Waals surface area contributed by atoms with Crippen LogP contribution in [0, 0.1) is 5.92 Å². The predicted octanol–water partition coefficient (Wildman–Crippen LogP) is 1.31. The van der Waals surface area contributed by atoms with Crippen molar-refractivity contribution in [2.45, 2.75) is 39.2 Å². The van der Waals surface area contributed by atoms with Gasteiger partial charge in [-0.2, -0.15) is 0 Å². The highest BCUT2D eigenvalue weighted by Crippen LogP contribution is 2.36. The topological polar surface area (TPSA) is 29.1 Å². The molecule has 0 spiro atoms. The molecule has 1 amide bonds. The van der Waals surface area contributed by atoms with Crippen LogP contribution >= 0.6 is 0 Å². The Kier molecular flexibility index (Phi) is 1.71. The fourth-order valence-electron chi connectivity index (χ4n) is 2.01. The van der Waals surface area contributed by atoms with E-state index in [1.54, 1.807) is 6.92 Å². The van der Waals surface area contributed by atoms with Gasteiger partial charge in [0.25, 0.3) is 0 Å². The minimum Gasteiger partial charge on any atom is -0.351 e. The third-order valence-electron chi connectivity index (χ3n) is 2.08. The summed E-state index contributed by atoms with van der Waals surface area (Å²) in [7, 11) is 0. The number of hydrogen-bond donors (Lipinski definition) is 1. The summed E-state index contributed by atoms with van der Waals surface area (Å²) in [4.78, 5) is 10.6. The van der Waals surface area contributed by atoms with Crippen molar-refractivity contribution in [2.24, 2.45) is 5.92 Å². The first kappa shape index (κ1) is 7.58. The van der Waals surface area contributed by atoms with Crippen LogP contribution in [0.5, 0.6) is 0 Å². The molecule has 1 rings (SSSR count). The van der Waals surface area contributed by atoms with Gasteiger partial charge >= 0.3 is 0 Å². The quantitative estimate of drug-likeness (QED) is 0.586. The molecule has 58 valence electrons. The average Bonchev–Trinajstić information content (AvgIpc) is 1.57. The molecule has 2 heteroatoms. The Morgan fingerprint density at radius 1 is 1.60 bits per heavy atom. The zero-order valence-corrected chi connectivity index (χ0v) is 6.90. The first-order valence-electron chi connectivity index (χ1n) is 3.81. The van der Waals surface area contributed by atoms with Crippen LogP contribution in [0.1, 0.15) is 33.6 Å². The van der Waals surface area contributed by atoms with Gasteiger partial charge < -0.3 is 5.32 Å². The molecule has 1 fully saturated rings. The van der Waals surface area contributed by atoms with E-state index in [0.29, 0.717) is 0 Å². The Labute approximate surface area is 62.0 Å². The van der Waals surface area contributed by atoms with Crippen molar-refractivity contribution >= 4 is 5.91 Å². The Hall–Kier alpha value is -0.530. The molecule has 0 aromatic carbocycles. The van der Waals surface area contributed by atoms with Gasteiger partial charge in [-0.15, -0.1) is 0 Å². The molecule has 2 nitrogen and oxygen atoms in total. The zero-order chi connectivity index (χ0) is 7.78. The van der Waals surface area contributed by atoms with E-state index in [1.165, 1.54) is 0 Å². The highest BCUT2D eigenvalue weighted by atomic mass is 16.1. The van der Waals surface area contributed by atoms with Crippen LogP contribution in [0.15, 0.2) is 0 Å². The van der Waals surface area contributed by atoms with Gasteiger partial charge in [-0.3, -0.25) is 4.79 Å². The van der Waals surface area contributed by atoms with Gasteiger partial charge in [0.05, 0.1) is 0 Å². The summed E-state index contributed by atoms with van der Waals surface area (Å²) in [5.74, 6) is 0.881. The van der Waals surface area contributed by atoms with Gasteiger partial charge in [0.15, 0.2) is 0 Å². The first-order valence-corrected chi connectivity index (χ1v) is 3.81. The van der Waals surface area contributed by atoms with E-state index in [0.717, 1.165) is 18.8 Å². The van der Waals surface area contributed by atoms with Crippen LogP contribution in [0.4, 0.5) is 0 Å². The predicted molar refractivity (Wildman–Crippen MR) is 40.6 cm³/mol. The molecule has 0 atom stereocenters. The first-order chi connectivity index (χ1) is 4.52. The third-order valence-corrected chi connectivity index (χ3v) is 2.08. The van der Waals surface area contributed by atoms with Crippen molar-refractivity contribution < 1.29 is 4.79 Å². The van der Waals surface area contributed by atoms with Gasteiger partial charge in [-0.05, 0) is 25.7 Å². The smallest absolute Gasteiger partial charge is 0.217 e. The Morgan fingerprint density at radius 2 is 2.10 bits per heavy atom. The second kappa shape index (κ2) is 2.26. The standard InChI is InChI=1S/C8H15NO/c1-6-4-8(3,5-6)9-7(2)10/h6H,4-5H2,1-3H3,(H,9,10). The van der Waals surface area contributed by atoms with Gasteiger partial charge in [0.2, 0.25) is 5.91 Å². The largest absolute Gasteiger partial charge is 0.351 e. The van der Waals surface area contributed by atoms with Crippen molar-refractivity contribution in [1.29, 1.82) is 0 Å². The minimum absolute atomic E-state index is 0.0920. The average molecular weight is 141 g/mol. The summed E-state index contributed by atoms with van der Waals surface area (Å²) in [6, 6.07) is 0. The summed E-state index contributed by atoms with van der Waals surface area (Å²) in [6.07, 6.45) is 2.26. The van der Waals surface area contributed by atoms with Crippen LogP contribution in [0.2, 0.25) is 0 Å². The number of carbonyl (C=O) groups excluding carboxylic acids is 1. The number of carbonyl (C=O) groups is 1. The molecule has 0 aromatic heterocycles. The number of rotatable bonds is 1. The van der Waals surface area contributed by atoms with Gasteiger partial charge in [0.1, 0.15) is 0 Å². The summed E-state index contributed by atoms with van der Waals surface area (Å²) >= 11 is 0.